The summed E-state index contributed by atoms with van der Waals surface area (Å²) in [5, 5.41) is 0.309. The number of sulfonamides is 1. The molecule has 3 N–H and O–H groups in total. The van der Waals surface area contributed by atoms with E-state index in [2.05, 4.69) is 35.5 Å². The number of nitrogen functional groups attached to an aromatic ring is 1. The molecule has 0 unspecified atom stereocenters. The van der Waals surface area contributed by atoms with Gasteiger partial charge in [0, 0.05) is 12.4 Å². The van der Waals surface area contributed by atoms with Crippen LogP contribution in [-0.4, -0.2) is 23.0 Å². The average molecular weight is 456 g/mol. The van der Waals surface area contributed by atoms with Crippen molar-refractivity contribution >= 4 is 44.2 Å². The topological polar surface area (TPSA) is 103 Å². The summed E-state index contributed by atoms with van der Waals surface area (Å²) in [6, 6.07) is 13.6. The summed E-state index contributed by atoms with van der Waals surface area (Å²) in [6.45, 7) is 6.22. The van der Waals surface area contributed by atoms with Crippen LogP contribution in [0.2, 0.25) is 5.02 Å². The SMILES string of the molecule is CC(C)(C)c1ccc(S(=O)(=O)Nc2cc(Cl)cnc2-n2ccc3nc(N)ccc32)cc1. The van der Waals surface area contributed by atoms with Gasteiger partial charge in [-0.2, -0.15) is 0 Å². The second kappa shape index (κ2) is 7.55. The minimum atomic E-state index is -3.86. The summed E-state index contributed by atoms with van der Waals surface area (Å²) in [4.78, 5) is 8.80. The molecular weight excluding hydrogens is 434 g/mol. The maximum atomic E-state index is 13.1. The van der Waals surface area contributed by atoms with E-state index in [1.807, 2.05) is 12.1 Å². The molecule has 0 saturated heterocycles. The molecule has 0 aliphatic heterocycles. The van der Waals surface area contributed by atoms with Gasteiger partial charge in [0.05, 0.1) is 26.6 Å². The number of pyridine rings is 2. The van der Waals surface area contributed by atoms with Gasteiger partial charge in [-0.25, -0.2) is 18.4 Å². The van der Waals surface area contributed by atoms with E-state index in [0.717, 1.165) is 11.1 Å². The van der Waals surface area contributed by atoms with Crippen molar-refractivity contribution in [2.24, 2.45) is 0 Å². The molecule has 0 atom stereocenters. The molecule has 0 radical (unpaired) electrons. The first-order valence-corrected chi connectivity index (χ1v) is 11.4. The van der Waals surface area contributed by atoms with E-state index in [1.165, 1.54) is 12.3 Å². The Bertz CT molecular complexity index is 1370. The van der Waals surface area contributed by atoms with Crippen molar-refractivity contribution in [1.29, 1.82) is 0 Å². The molecular formula is C22H22ClN5O2S. The lowest BCUT2D eigenvalue weighted by Gasteiger charge is -2.19. The molecule has 31 heavy (non-hydrogen) atoms. The number of hydrogen-bond acceptors (Lipinski definition) is 5. The van der Waals surface area contributed by atoms with Crippen LogP contribution in [0.15, 0.2) is 65.8 Å². The molecule has 0 saturated carbocycles. The third-order valence-corrected chi connectivity index (χ3v) is 6.49. The Labute approximate surface area is 185 Å². The van der Waals surface area contributed by atoms with Gasteiger partial charge in [-0.3, -0.25) is 9.29 Å². The zero-order chi connectivity index (χ0) is 22.4. The summed E-state index contributed by atoms with van der Waals surface area (Å²) in [6.07, 6.45) is 3.21. The van der Waals surface area contributed by atoms with Crippen LogP contribution in [0.25, 0.3) is 16.9 Å². The maximum absolute atomic E-state index is 13.1. The number of nitrogens with one attached hydrogen (secondary N) is 1. The van der Waals surface area contributed by atoms with E-state index in [1.54, 1.807) is 41.1 Å². The van der Waals surface area contributed by atoms with Crippen molar-refractivity contribution in [1.82, 2.24) is 14.5 Å². The van der Waals surface area contributed by atoms with Gasteiger partial charge < -0.3 is 5.73 Å². The van der Waals surface area contributed by atoms with Crippen molar-refractivity contribution in [3.63, 3.8) is 0 Å². The lowest BCUT2D eigenvalue weighted by atomic mass is 9.87. The van der Waals surface area contributed by atoms with Crippen molar-refractivity contribution in [2.45, 2.75) is 31.1 Å². The zero-order valence-electron chi connectivity index (χ0n) is 17.3. The first-order chi connectivity index (χ1) is 14.5. The molecule has 3 aromatic heterocycles. The number of halogens is 1. The third-order valence-electron chi connectivity index (χ3n) is 4.90. The Morgan fingerprint density at radius 3 is 2.45 bits per heavy atom. The van der Waals surface area contributed by atoms with Crippen LogP contribution in [0.5, 0.6) is 0 Å². The predicted molar refractivity (Wildman–Crippen MR) is 124 cm³/mol. The van der Waals surface area contributed by atoms with Gasteiger partial charge in [0.1, 0.15) is 5.82 Å². The quantitative estimate of drug-likeness (QED) is 0.462. The van der Waals surface area contributed by atoms with Gasteiger partial charge in [0.15, 0.2) is 5.82 Å². The fraction of sp³-hybridized carbons (Fsp3) is 0.182. The lowest BCUT2D eigenvalue weighted by Crippen LogP contribution is -2.16. The third kappa shape index (κ3) is 4.22. The summed E-state index contributed by atoms with van der Waals surface area (Å²) in [7, 11) is -3.86. The van der Waals surface area contributed by atoms with Gasteiger partial charge >= 0.3 is 0 Å². The maximum Gasteiger partial charge on any atom is 0.262 e. The average Bonchev–Trinajstić information content (AvgIpc) is 3.10. The number of nitrogens with two attached hydrogens (primary N) is 1. The van der Waals surface area contributed by atoms with E-state index in [9.17, 15) is 8.42 Å². The fourth-order valence-corrected chi connectivity index (χ4v) is 4.47. The first-order valence-electron chi connectivity index (χ1n) is 9.57. The molecule has 0 amide bonds. The van der Waals surface area contributed by atoms with Crippen LogP contribution in [0.1, 0.15) is 26.3 Å². The van der Waals surface area contributed by atoms with Crippen molar-refractivity contribution in [2.75, 3.05) is 10.5 Å². The Kier molecular flexibility index (Phi) is 5.15. The van der Waals surface area contributed by atoms with Gasteiger partial charge in [-0.05, 0) is 47.4 Å². The highest BCUT2D eigenvalue weighted by Crippen LogP contribution is 2.29. The molecule has 4 rings (SSSR count). The van der Waals surface area contributed by atoms with Crippen LogP contribution in [0, 0.1) is 0 Å². The van der Waals surface area contributed by atoms with Gasteiger partial charge in [-0.1, -0.05) is 44.5 Å². The Morgan fingerprint density at radius 1 is 1.06 bits per heavy atom. The normalized spacial score (nSPS) is 12.3. The van der Waals surface area contributed by atoms with Crippen LogP contribution in [0.3, 0.4) is 0 Å². The van der Waals surface area contributed by atoms with Gasteiger partial charge in [-0.15, -0.1) is 0 Å². The standard InChI is InChI=1S/C22H22ClN5O2S/c1-22(2,3)14-4-6-16(7-5-14)31(29,30)27-18-12-15(23)13-25-21(18)28-11-10-17-19(28)8-9-20(24)26-17/h4-13,27H,1-3H3,(H2,24,26). The second-order valence-corrected chi connectivity index (χ2v) is 10.3. The Balaban J connectivity index is 1.76. The Hall–Kier alpha value is -3.10. The molecule has 1 aromatic carbocycles. The smallest absolute Gasteiger partial charge is 0.262 e. The van der Waals surface area contributed by atoms with Gasteiger partial charge in [0.2, 0.25) is 0 Å². The summed E-state index contributed by atoms with van der Waals surface area (Å²) in [5.41, 5.74) is 8.38. The highest BCUT2D eigenvalue weighted by atomic mass is 35.5. The van der Waals surface area contributed by atoms with Crippen molar-refractivity contribution in [3.05, 3.63) is 71.5 Å². The largest absolute Gasteiger partial charge is 0.384 e. The fourth-order valence-electron chi connectivity index (χ4n) is 3.26. The number of benzene rings is 1. The van der Waals surface area contributed by atoms with Crippen LogP contribution in [-0.2, 0) is 15.4 Å². The molecule has 0 aliphatic carbocycles. The lowest BCUT2D eigenvalue weighted by molar-refractivity contribution is 0.587. The van der Waals surface area contributed by atoms with Crippen molar-refractivity contribution in [3.8, 4) is 5.82 Å². The summed E-state index contributed by atoms with van der Waals surface area (Å²) < 4.78 is 30.5. The minimum absolute atomic E-state index is 0.0767. The molecule has 7 nitrogen and oxygen atoms in total. The molecule has 3 heterocycles. The summed E-state index contributed by atoms with van der Waals surface area (Å²) in [5.74, 6) is 0.773. The molecule has 0 aliphatic rings. The van der Waals surface area contributed by atoms with Crippen LogP contribution < -0.4 is 10.5 Å². The number of anilines is 2. The van der Waals surface area contributed by atoms with Crippen LogP contribution >= 0.6 is 11.6 Å². The molecule has 0 fully saturated rings. The van der Waals surface area contributed by atoms with Crippen LogP contribution in [0.4, 0.5) is 11.5 Å². The van der Waals surface area contributed by atoms with E-state index in [4.69, 9.17) is 17.3 Å². The number of aromatic nitrogens is 3. The number of fused-ring (bicyclic) bond motifs is 1. The highest BCUT2D eigenvalue weighted by Gasteiger charge is 2.20. The van der Waals surface area contributed by atoms with E-state index in [0.29, 0.717) is 22.2 Å². The molecule has 9 heteroatoms. The molecule has 4 aromatic rings. The Morgan fingerprint density at radius 2 is 1.77 bits per heavy atom. The first kappa shape index (κ1) is 21.1. The highest BCUT2D eigenvalue weighted by molar-refractivity contribution is 7.92. The number of nitrogens with zero attached hydrogens (tertiary/aromatic N) is 3. The minimum Gasteiger partial charge on any atom is -0.384 e. The molecule has 0 bridgehead atoms. The van der Waals surface area contributed by atoms with Gasteiger partial charge in [0.25, 0.3) is 10.0 Å². The van der Waals surface area contributed by atoms with E-state index >= 15 is 0 Å². The predicted octanol–water partition coefficient (Wildman–Crippen LogP) is 4.75. The molecule has 160 valence electrons. The monoisotopic (exact) mass is 455 g/mol. The number of hydrogen-bond donors (Lipinski definition) is 2. The zero-order valence-corrected chi connectivity index (χ0v) is 18.9. The second-order valence-electron chi connectivity index (χ2n) is 8.23. The van der Waals surface area contributed by atoms with E-state index < -0.39 is 10.0 Å². The van der Waals surface area contributed by atoms with E-state index in [-0.39, 0.29) is 16.0 Å². The molecule has 0 spiro atoms. The number of rotatable bonds is 4. The van der Waals surface area contributed by atoms with Crippen molar-refractivity contribution < 1.29 is 8.42 Å². The summed E-state index contributed by atoms with van der Waals surface area (Å²) >= 11 is 6.13.